The lowest BCUT2D eigenvalue weighted by Crippen LogP contribution is -2.41. The molecule has 1 heterocycles. The van der Waals surface area contributed by atoms with Gasteiger partial charge in [0.05, 0.1) is 0 Å². The molecule has 3 nitrogen and oxygen atoms in total. The zero-order valence-corrected chi connectivity index (χ0v) is 9.74. The Hall–Kier alpha value is -0.570. The van der Waals surface area contributed by atoms with E-state index in [1.54, 1.807) is 0 Å². The van der Waals surface area contributed by atoms with Gasteiger partial charge in [0.25, 0.3) is 0 Å². The molecule has 0 aromatic rings. The smallest absolute Gasteiger partial charge is 0.320 e. The first-order valence-electron chi connectivity index (χ1n) is 6.22. The van der Waals surface area contributed by atoms with Crippen molar-refractivity contribution in [2.75, 3.05) is 13.1 Å². The van der Waals surface area contributed by atoms with Crippen LogP contribution in [0.3, 0.4) is 0 Å². The van der Waals surface area contributed by atoms with Crippen molar-refractivity contribution in [3.63, 3.8) is 0 Å². The van der Waals surface area contributed by atoms with E-state index in [1.807, 2.05) is 0 Å². The third-order valence-electron chi connectivity index (χ3n) is 3.20. The Morgan fingerprint density at radius 2 is 1.87 bits per heavy atom. The fraction of sp³-hybridized carbons (Fsp3) is 0.917. The molecule has 0 amide bonds. The van der Waals surface area contributed by atoms with Crippen LogP contribution < -0.4 is 0 Å². The second-order valence-corrected chi connectivity index (χ2v) is 4.45. The molecule has 88 valence electrons. The Labute approximate surface area is 92.5 Å². The highest BCUT2D eigenvalue weighted by Gasteiger charge is 2.25. The Kier molecular flexibility index (Phi) is 5.69. The number of unbranched alkanes of at least 4 members (excludes halogenated alkanes) is 1. The fourth-order valence-electron chi connectivity index (χ4n) is 2.27. The number of carboxylic acid groups (broad SMARTS) is 1. The summed E-state index contributed by atoms with van der Waals surface area (Å²) in [6.45, 7) is 4.06. The molecule has 1 aliphatic heterocycles. The summed E-state index contributed by atoms with van der Waals surface area (Å²) < 4.78 is 0. The van der Waals surface area contributed by atoms with E-state index in [4.69, 9.17) is 0 Å². The highest BCUT2D eigenvalue weighted by molar-refractivity contribution is 5.73. The van der Waals surface area contributed by atoms with Crippen LogP contribution >= 0.6 is 0 Å². The lowest BCUT2D eigenvalue weighted by Gasteiger charge is -2.27. The van der Waals surface area contributed by atoms with Gasteiger partial charge in [-0.25, -0.2) is 0 Å². The minimum absolute atomic E-state index is 0.233. The minimum Gasteiger partial charge on any atom is -0.480 e. The molecule has 1 atom stereocenters. The van der Waals surface area contributed by atoms with E-state index in [2.05, 4.69) is 11.8 Å². The molecular weight excluding hydrogens is 190 g/mol. The van der Waals surface area contributed by atoms with Crippen LogP contribution in [0.25, 0.3) is 0 Å². The lowest BCUT2D eigenvalue weighted by molar-refractivity contribution is -0.143. The van der Waals surface area contributed by atoms with Crippen molar-refractivity contribution in [1.29, 1.82) is 0 Å². The van der Waals surface area contributed by atoms with Gasteiger partial charge in [-0.15, -0.1) is 0 Å². The van der Waals surface area contributed by atoms with Crippen molar-refractivity contribution in [2.45, 2.75) is 57.9 Å². The number of carbonyl (C=O) groups is 1. The first-order chi connectivity index (χ1) is 7.25. The van der Waals surface area contributed by atoms with E-state index in [1.165, 1.54) is 12.8 Å². The molecule has 1 rings (SSSR count). The summed E-state index contributed by atoms with van der Waals surface area (Å²) in [5, 5.41) is 9.20. The van der Waals surface area contributed by atoms with Gasteiger partial charge >= 0.3 is 5.97 Å². The number of hydrogen-bond donors (Lipinski definition) is 1. The van der Waals surface area contributed by atoms with Crippen LogP contribution in [0.2, 0.25) is 0 Å². The monoisotopic (exact) mass is 213 g/mol. The molecule has 0 aromatic heterocycles. The second-order valence-electron chi connectivity index (χ2n) is 4.45. The SMILES string of the molecule is CCCCC(C(=O)O)N1CCCCCC1. The van der Waals surface area contributed by atoms with Gasteiger partial charge < -0.3 is 5.11 Å². The maximum atomic E-state index is 11.2. The molecule has 0 saturated carbocycles. The third-order valence-corrected chi connectivity index (χ3v) is 3.20. The van der Waals surface area contributed by atoms with Crippen LogP contribution in [0.15, 0.2) is 0 Å². The molecule has 0 bridgehead atoms. The van der Waals surface area contributed by atoms with Gasteiger partial charge in [-0.05, 0) is 32.4 Å². The van der Waals surface area contributed by atoms with E-state index in [-0.39, 0.29) is 6.04 Å². The van der Waals surface area contributed by atoms with Gasteiger partial charge in [-0.3, -0.25) is 9.69 Å². The van der Waals surface area contributed by atoms with Gasteiger partial charge in [0.1, 0.15) is 6.04 Å². The van der Waals surface area contributed by atoms with Crippen molar-refractivity contribution in [3.8, 4) is 0 Å². The number of carboxylic acids is 1. The number of hydrogen-bond acceptors (Lipinski definition) is 2. The van der Waals surface area contributed by atoms with Gasteiger partial charge in [0, 0.05) is 0 Å². The molecule has 0 radical (unpaired) electrons. The predicted octanol–water partition coefficient (Wildman–Crippen LogP) is 2.51. The molecule has 3 heteroatoms. The number of rotatable bonds is 5. The summed E-state index contributed by atoms with van der Waals surface area (Å²) in [7, 11) is 0. The van der Waals surface area contributed by atoms with Crippen LogP contribution in [-0.2, 0) is 4.79 Å². The van der Waals surface area contributed by atoms with Gasteiger partial charge in [0.2, 0.25) is 0 Å². The maximum absolute atomic E-state index is 11.2. The van der Waals surface area contributed by atoms with E-state index in [9.17, 15) is 9.90 Å². The Bertz CT molecular complexity index is 186. The first kappa shape index (κ1) is 12.5. The molecule has 0 aliphatic carbocycles. The van der Waals surface area contributed by atoms with E-state index in [0.29, 0.717) is 0 Å². The third kappa shape index (κ3) is 4.20. The number of likely N-dealkylation sites (tertiary alicyclic amines) is 1. The molecule has 1 fully saturated rings. The molecule has 1 N–H and O–H groups in total. The Balaban J connectivity index is 2.48. The first-order valence-corrected chi connectivity index (χ1v) is 6.22. The van der Waals surface area contributed by atoms with Crippen molar-refractivity contribution in [2.24, 2.45) is 0 Å². The quantitative estimate of drug-likeness (QED) is 0.763. The molecule has 1 aliphatic rings. The van der Waals surface area contributed by atoms with Gasteiger partial charge in [-0.2, -0.15) is 0 Å². The largest absolute Gasteiger partial charge is 0.480 e. The van der Waals surface area contributed by atoms with E-state index in [0.717, 1.165) is 45.2 Å². The predicted molar refractivity (Wildman–Crippen MR) is 61.0 cm³/mol. The normalized spacial score (nSPS) is 20.9. The average molecular weight is 213 g/mol. The topological polar surface area (TPSA) is 40.5 Å². The summed E-state index contributed by atoms with van der Waals surface area (Å²) in [5.41, 5.74) is 0. The Morgan fingerprint density at radius 3 is 2.33 bits per heavy atom. The summed E-state index contributed by atoms with van der Waals surface area (Å²) in [6.07, 6.45) is 7.76. The highest BCUT2D eigenvalue weighted by Crippen LogP contribution is 2.16. The number of aliphatic carboxylic acids is 1. The molecule has 0 spiro atoms. The van der Waals surface area contributed by atoms with Gasteiger partial charge in [-0.1, -0.05) is 32.6 Å². The standard InChI is InChI=1S/C12H23NO2/c1-2-3-8-11(12(14)15)13-9-6-4-5-7-10-13/h11H,2-10H2,1H3,(H,14,15). The molecule has 15 heavy (non-hydrogen) atoms. The van der Waals surface area contributed by atoms with Crippen molar-refractivity contribution in [1.82, 2.24) is 4.90 Å². The van der Waals surface area contributed by atoms with Crippen LogP contribution in [0.4, 0.5) is 0 Å². The molecule has 1 unspecified atom stereocenters. The van der Waals surface area contributed by atoms with Crippen molar-refractivity contribution in [3.05, 3.63) is 0 Å². The summed E-state index contributed by atoms with van der Waals surface area (Å²) in [6, 6.07) is -0.233. The fourth-order valence-corrected chi connectivity index (χ4v) is 2.27. The van der Waals surface area contributed by atoms with Crippen LogP contribution in [0.1, 0.15) is 51.9 Å². The van der Waals surface area contributed by atoms with E-state index < -0.39 is 5.97 Å². The van der Waals surface area contributed by atoms with E-state index >= 15 is 0 Å². The number of nitrogens with zero attached hydrogens (tertiary/aromatic N) is 1. The Morgan fingerprint density at radius 1 is 1.27 bits per heavy atom. The minimum atomic E-state index is -0.634. The van der Waals surface area contributed by atoms with Gasteiger partial charge in [0.15, 0.2) is 0 Å². The van der Waals surface area contributed by atoms with Crippen LogP contribution in [-0.4, -0.2) is 35.1 Å². The van der Waals surface area contributed by atoms with Crippen molar-refractivity contribution >= 4 is 5.97 Å². The zero-order valence-electron chi connectivity index (χ0n) is 9.74. The van der Waals surface area contributed by atoms with Crippen molar-refractivity contribution < 1.29 is 9.90 Å². The zero-order chi connectivity index (χ0) is 11.1. The average Bonchev–Trinajstić information content (AvgIpc) is 2.47. The lowest BCUT2D eigenvalue weighted by atomic mass is 10.1. The highest BCUT2D eigenvalue weighted by atomic mass is 16.4. The van der Waals surface area contributed by atoms with Crippen LogP contribution in [0.5, 0.6) is 0 Å². The van der Waals surface area contributed by atoms with Crippen LogP contribution in [0, 0.1) is 0 Å². The summed E-state index contributed by atoms with van der Waals surface area (Å²) in [5.74, 6) is -0.634. The molecular formula is C12H23NO2. The second kappa shape index (κ2) is 6.83. The summed E-state index contributed by atoms with van der Waals surface area (Å²) >= 11 is 0. The molecule has 0 aromatic carbocycles. The summed E-state index contributed by atoms with van der Waals surface area (Å²) in [4.78, 5) is 13.3. The maximum Gasteiger partial charge on any atom is 0.320 e. The molecule has 1 saturated heterocycles.